The lowest BCUT2D eigenvalue weighted by Gasteiger charge is -2.22. The SMILES string of the molecule is C=CCN(Cc1ccccc1C)S(=O)(=O)c1ccc(OC)cc1. The molecule has 0 bridgehead atoms. The number of hydrogen-bond acceptors (Lipinski definition) is 3. The first kappa shape index (κ1) is 17.2. The van der Waals surface area contributed by atoms with Gasteiger partial charge in [-0.3, -0.25) is 0 Å². The Morgan fingerprint density at radius 1 is 1.13 bits per heavy atom. The Labute approximate surface area is 138 Å². The Bertz CT molecular complexity index is 767. The predicted molar refractivity (Wildman–Crippen MR) is 92.0 cm³/mol. The quantitative estimate of drug-likeness (QED) is 0.731. The van der Waals surface area contributed by atoms with Crippen LogP contribution in [0, 0.1) is 6.92 Å². The van der Waals surface area contributed by atoms with E-state index >= 15 is 0 Å². The molecule has 0 aliphatic rings. The molecular weight excluding hydrogens is 310 g/mol. The smallest absolute Gasteiger partial charge is 0.243 e. The molecule has 0 radical (unpaired) electrons. The lowest BCUT2D eigenvalue weighted by atomic mass is 10.1. The summed E-state index contributed by atoms with van der Waals surface area (Å²) in [6.45, 7) is 6.21. The molecule has 2 aromatic carbocycles. The minimum absolute atomic E-state index is 0.244. The lowest BCUT2D eigenvalue weighted by molar-refractivity contribution is 0.414. The van der Waals surface area contributed by atoms with Gasteiger partial charge in [-0.1, -0.05) is 30.3 Å². The zero-order valence-corrected chi connectivity index (χ0v) is 14.2. The van der Waals surface area contributed by atoms with Crippen LogP contribution in [0.2, 0.25) is 0 Å². The van der Waals surface area contributed by atoms with Crippen LogP contribution in [0.15, 0.2) is 66.1 Å². The maximum atomic E-state index is 12.9. The first-order chi connectivity index (χ1) is 11.0. The molecule has 0 atom stereocenters. The molecule has 23 heavy (non-hydrogen) atoms. The second kappa shape index (κ2) is 7.44. The Balaban J connectivity index is 2.34. The zero-order valence-electron chi connectivity index (χ0n) is 13.4. The summed E-state index contributed by atoms with van der Waals surface area (Å²) in [7, 11) is -2.05. The molecular formula is C18H21NO3S. The van der Waals surface area contributed by atoms with Crippen LogP contribution < -0.4 is 4.74 Å². The van der Waals surface area contributed by atoms with Crippen LogP contribution in [0.25, 0.3) is 0 Å². The van der Waals surface area contributed by atoms with Crippen molar-refractivity contribution in [3.63, 3.8) is 0 Å². The first-order valence-electron chi connectivity index (χ1n) is 7.28. The minimum Gasteiger partial charge on any atom is -0.497 e. The standard InChI is InChI=1S/C18H21NO3S/c1-4-13-19(14-16-8-6-5-7-15(16)2)23(20,21)18-11-9-17(22-3)10-12-18/h4-12H,1,13-14H2,2-3H3. The van der Waals surface area contributed by atoms with E-state index in [0.29, 0.717) is 12.3 Å². The van der Waals surface area contributed by atoms with E-state index in [4.69, 9.17) is 4.74 Å². The Hall–Kier alpha value is -2.11. The third kappa shape index (κ3) is 4.00. The fourth-order valence-corrected chi connectivity index (χ4v) is 3.65. The normalized spacial score (nSPS) is 11.4. The summed E-state index contributed by atoms with van der Waals surface area (Å²) in [6, 6.07) is 14.2. The van der Waals surface area contributed by atoms with Gasteiger partial charge in [-0.25, -0.2) is 8.42 Å². The monoisotopic (exact) mass is 331 g/mol. The number of rotatable bonds is 7. The number of hydrogen-bond donors (Lipinski definition) is 0. The van der Waals surface area contributed by atoms with Crippen molar-refractivity contribution in [1.82, 2.24) is 4.31 Å². The molecule has 2 rings (SSSR count). The fourth-order valence-electron chi connectivity index (χ4n) is 2.27. The van der Waals surface area contributed by atoms with Gasteiger partial charge >= 0.3 is 0 Å². The fraction of sp³-hybridized carbons (Fsp3) is 0.222. The summed E-state index contributed by atoms with van der Waals surface area (Å²) in [5.41, 5.74) is 2.04. The van der Waals surface area contributed by atoms with E-state index in [1.807, 2.05) is 31.2 Å². The van der Waals surface area contributed by atoms with E-state index in [2.05, 4.69) is 6.58 Å². The van der Waals surface area contributed by atoms with Gasteiger partial charge in [0.05, 0.1) is 12.0 Å². The van der Waals surface area contributed by atoms with Crippen LogP contribution in [0.3, 0.4) is 0 Å². The second-order valence-electron chi connectivity index (χ2n) is 5.19. The van der Waals surface area contributed by atoms with E-state index in [0.717, 1.165) is 11.1 Å². The van der Waals surface area contributed by atoms with Gasteiger partial charge in [0, 0.05) is 13.1 Å². The van der Waals surface area contributed by atoms with Gasteiger partial charge in [-0.15, -0.1) is 6.58 Å². The molecule has 0 aliphatic carbocycles. The van der Waals surface area contributed by atoms with Crippen molar-refractivity contribution in [2.24, 2.45) is 0 Å². The second-order valence-corrected chi connectivity index (χ2v) is 7.13. The number of ether oxygens (including phenoxy) is 1. The topological polar surface area (TPSA) is 46.6 Å². The third-order valence-corrected chi connectivity index (χ3v) is 5.46. The number of sulfonamides is 1. The average Bonchev–Trinajstić information content (AvgIpc) is 2.56. The van der Waals surface area contributed by atoms with E-state index in [1.165, 1.54) is 4.31 Å². The molecule has 0 fully saturated rings. The highest BCUT2D eigenvalue weighted by Crippen LogP contribution is 2.22. The van der Waals surface area contributed by atoms with Crippen LogP contribution in [0.1, 0.15) is 11.1 Å². The van der Waals surface area contributed by atoms with Gasteiger partial charge in [0.15, 0.2) is 0 Å². The van der Waals surface area contributed by atoms with Crippen molar-refractivity contribution in [3.05, 3.63) is 72.3 Å². The van der Waals surface area contributed by atoms with Gasteiger partial charge in [-0.2, -0.15) is 4.31 Å². The molecule has 5 heteroatoms. The average molecular weight is 331 g/mol. The maximum absolute atomic E-state index is 12.9. The Morgan fingerprint density at radius 2 is 1.78 bits per heavy atom. The summed E-state index contributed by atoms with van der Waals surface area (Å²) in [5, 5.41) is 0. The molecule has 0 aromatic heterocycles. The van der Waals surface area contributed by atoms with E-state index in [-0.39, 0.29) is 11.4 Å². The van der Waals surface area contributed by atoms with Gasteiger partial charge < -0.3 is 4.74 Å². The summed E-state index contributed by atoms with van der Waals surface area (Å²) in [5.74, 6) is 0.623. The Kier molecular flexibility index (Phi) is 5.58. The zero-order chi connectivity index (χ0) is 16.9. The molecule has 0 aliphatic heterocycles. The highest BCUT2D eigenvalue weighted by molar-refractivity contribution is 7.89. The predicted octanol–water partition coefficient (Wildman–Crippen LogP) is 3.38. The van der Waals surface area contributed by atoms with Crippen molar-refractivity contribution in [2.45, 2.75) is 18.4 Å². The largest absolute Gasteiger partial charge is 0.497 e. The van der Waals surface area contributed by atoms with Crippen LogP contribution in [0.5, 0.6) is 5.75 Å². The van der Waals surface area contributed by atoms with Crippen molar-refractivity contribution in [2.75, 3.05) is 13.7 Å². The van der Waals surface area contributed by atoms with Crippen LogP contribution >= 0.6 is 0 Å². The summed E-state index contributed by atoms with van der Waals surface area (Å²) in [4.78, 5) is 0.244. The van der Waals surface area contributed by atoms with E-state index < -0.39 is 10.0 Å². The van der Waals surface area contributed by atoms with Crippen molar-refractivity contribution in [1.29, 1.82) is 0 Å². The van der Waals surface area contributed by atoms with Crippen LogP contribution in [-0.4, -0.2) is 26.4 Å². The molecule has 0 heterocycles. The molecule has 0 saturated heterocycles. The number of methoxy groups -OCH3 is 1. The van der Waals surface area contributed by atoms with Crippen LogP contribution in [0.4, 0.5) is 0 Å². The molecule has 0 saturated carbocycles. The molecule has 2 aromatic rings. The molecule has 4 nitrogen and oxygen atoms in total. The summed E-state index contributed by atoms with van der Waals surface area (Å²) >= 11 is 0. The minimum atomic E-state index is -3.60. The van der Waals surface area contributed by atoms with Crippen LogP contribution in [-0.2, 0) is 16.6 Å². The van der Waals surface area contributed by atoms with Crippen molar-refractivity contribution >= 4 is 10.0 Å². The van der Waals surface area contributed by atoms with Crippen molar-refractivity contribution in [3.8, 4) is 5.75 Å². The number of benzene rings is 2. The molecule has 0 N–H and O–H groups in total. The third-order valence-electron chi connectivity index (χ3n) is 3.64. The highest BCUT2D eigenvalue weighted by atomic mass is 32.2. The van der Waals surface area contributed by atoms with Crippen molar-refractivity contribution < 1.29 is 13.2 Å². The number of nitrogens with zero attached hydrogens (tertiary/aromatic N) is 1. The molecule has 122 valence electrons. The first-order valence-corrected chi connectivity index (χ1v) is 8.72. The van der Waals surface area contributed by atoms with Gasteiger partial charge in [-0.05, 0) is 42.3 Å². The van der Waals surface area contributed by atoms with E-state index in [9.17, 15) is 8.42 Å². The summed E-state index contributed by atoms with van der Waals surface area (Å²) < 4.78 is 32.2. The summed E-state index contributed by atoms with van der Waals surface area (Å²) in [6.07, 6.45) is 1.60. The highest BCUT2D eigenvalue weighted by Gasteiger charge is 2.24. The van der Waals surface area contributed by atoms with Gasteiger partial charge in [0.2, 0.25) is 10.0 Å². The van der Waals surface area contributed by atoms with E-state index in [1.54, 1.807) is 37.5 Å². The van der Waals surface area contributed by atoms with Gasteiger partial charge in [0.1, 0.15) is 5.75 Å². The molecule has 0 spiro atoms. The lowest BCUT2D eigenvalue weighted by Crippen LogP contribution is -2.31. The Morgan fingerprint density at radius 3 is 2.35 bits per heavy atom. The molecule has 0 unspecified atom stereocenters. The maximum Gasteiger partial charge on any atom is 0.243 e. The van der Waals surface area contributed by atoms with Gasteiger partial charge in [0.25, 0.3) is 0 Å². The molecule has 0 amide bonds. The number of aryl methyl sites for hydroxylation is 1.